The first-order valence-corrected chi connectivity index (χ1v) is 7.58. The highest BCUT2D eigenvalue weighted by Crippen LogP contribution is 2.42. The van der Waals surface area contributed by atoms with E-state index in [2.05, 4.69) is 20.3 Å². The van der Waals surface area contributed by atoms with Crippen molar-refractivity contribution < 1.29 is 14.6 Å². The molecule has 2 saturated heterocycles. The van der Waals surface area contributed by atoms with Crippen molar-refractivity contribution >= 4 is 22.6 Å². The van der Waals surface area contributed by atoms with Gasteiger partial charge in [-0.15, -0.1) is 0 Å². The minimum atomic E-state index is -0.665. The summed E-state index contributed by atoms with van der Waals surface area (Å²) in [5.74, 6) is -0.665. The van der Waals surface area contributed by atoms with E-state index >= 15 is 0 Å². The highest BCUT2D eigenvalue weighted by Gasteiger charge is 2.54. The summed E-state index contributed by atoms with van der Waals surface area (Å²) in [6.45, 7) is 3.74. The quantitative estimate of drug-likeness (QED) is 0.717. The van der Waals surface area contributed by atoms with Gasteiger partial charge in [-0.25, -0.2) is 9.97 Å². The van der Waals surface area contributed by atoms with E-state index in [1.54, 1.807) is 0 Å². The summed E-state index contributed by atoms with van der Waals surface area (Å²) in [6, 6.07) is -0.317. The zero-order valence-corrected chi connectivity index (χ0v) is 13.0. The van der Waals surface area contributed by atoms with Crippen LogP contribution in [-0.2, 0) is 9.47 Å². The number of nitrogens with one attached hydrogen (secondary N) is 2. The number of H-pyrrole nitrogens is 1. The minimum Gasteiger partial charge on any atom is -0.395 e. The number of nitrogens with zero attached hydrogens (tertiary/aromatic N) is 2. The smallest absolute Gasteiger partial charge is 0.163 e. The molecule has 2 fully saturated rings. The van der Waals surface area contributed by atoms with E-state index in [0.29, 0.717) is 10.7 Å². The Balaban J connectivity index is 1.77. The summed E-state index contributed by atoms with van der Waals surface area (Å²) in [4.78, 5) is 11.4. The van der Waals surface area contributed by atoms with E-state index in [9.17, 15) is 5.11 Å². The van der Waals surface area contributed by atoms with E-state index in [1.165, 1.54) is 6.33 Å². The Morgan fingerprint density at radius 2 is 2.09 bits per heavy atom. The van der Waals surface area contributed by atoms with Crippen molar-refractivity contribution in [2.24, 2.45) is 0 Å². The molecule has 0 saturated carbocycles. The maximum absolute atomic E-state index is 9.60. The van der Waals surface area contributed by atoms with Crippen LogP contribution >= 0.6 is 11.6 Å². The Morgan fingerprint density at radius 1 is 1.32 bits per heavy atom. The molecular formula is C14H17ClN4O3. The molecule has 0 amide bonds. The maximum Gasteiger partial charge on any atom is 0.163 e. The third kappa shape index (κ3) is 2.04. The Labute approximate surface area is 132 Å². The van der Waals surface area contributed by atoms with Gasteiger partial charge in [0.05, 0.1) is 24.2 Å². The molecule has 118 valence electrons. The normalized spacial score (nSPS) is 33.5. The second kappa shape index (κ2) is 4.87. The van der Waals surface area contributed by atoms with Crippen molar-refractivity contribution in [1.82, 2.24) is 20.3 Å². The second-order valence-electron chi connectivity index (χ2n) is 6.13. The molecule has 2 aromatic heterocycles. The predicted octanol–water partition coefficient (Wildman–Crippen LogP) is 1.14. The fourth-order valence-electron chi connectivity index (χ4n) is 3.40. The second-order valence-corrected chi connectivity index (χ2v) is 6.49. The molecular weight excluding hydrogens is 308 g/mol. The predicted molar refractivity (Wildman–Crippen MR) is 79.5 cm³/mol. The molecule has 2 aliphatic heterocycles. The van der Waals surface area contributed by atoms with Crippen molar-refractivity contribution in [1.29, 1.82) is 0 Å². The van der Waals surface area contributed by atoms with E-state index in [-0.39, 0.29) is 30.9 Å². The van der Waals surface area contributed by atoms with Crippen LogP contribution in [0.1, 0.15) is 25.5 Å². The summed E-state index contributed by atoms with van der Waals surface area (Å²) < 4.78 is 12.0. The topological polar surface area (TPSA) is 92.3 Å². The van der Waals surface area contributed by atoms with Gasteiger partial charge in [-0.3, -0.25) is 0 Å². The van der Waals surface area contributed by atoms with Crippen LogP contribution in [0.2, 0.25) is 5.15 Å². The lowest BCUT2D eigenvalue weighted by Crippen LogP contribution is -2.38. The van der Waals surface area contributed by atoms with E-state index in [4.69, 9.17) is 21.1 Å². The van der Waals surface area contributed by atoms with Gasteiger partial charge in [0.1, 0.15) is 24.1 Å². The van der Waals surface area contributed by atoms with Gasteiger partial charge >= 0.3 is 0 Å². The number of hydrogen-bond donors (Lipinski definition) is 3. The molecule has 2 aliphatic rings. The summed E-state index contributed by atoms with van der Waals surface area (Å²) in [7, 11) is 0. The number of aliphatic hydroxyl groups excluding tert-OH is 1. The molecule has 0 aromatic carbocycles. The van der Waals surface area contributed by atoms with Gasteiger partial charge in [0.15, 0.2) is 10.9 Å². The number of aliphatic hydroxyl groups is 1. The van der Waals surface area contributed by atoms with Crippen LogP contribution in [0.4, 0.5) is 0 Å². The van der Waals surface area contributed by atoms with Crippen molar-refractivity contribution in [3.05, 3.63) is 23.2 Å². The molecule has 0 radical (unpaired) electrons. The van der Waals surface area contributed by atoms with Crippen molar-refractivity contribution in [3.63, 3.8) is 0 Å². The first kappa shape index (κ1) is 14.3. The van der Waals surface area contributed by atoms with Gasteiger partial charge in [-0.2, -0.15) is 0 Å². The van der Waals surface area contributed by atoms with Crippen LogP contribution in [0.3, 0.4) is 0 Å². The van der Waals surface area contributed by atoms with E-state index in [1.807, 2.05) is 20.0 Å². The molecule has 0 bridgehead atoms. The molecule has 7 nitrogen and oxygen atoms in total. The molecule has 0 unspecified atom stereocenters. The SMILES string of the molecule is CC1(C)O[C@@H]2[C@H](O1)[C@@H](CO)N[C@@H]2c1c[nH]c2c(Cl)ncnc12. The summed E-state index contributed by atoms with van der Waals surface area (Å²) in [5, 5.41) is 13.4. The minimum absolute atomic E-state index is 0.0186. The van der Waals surface area contributed by atoms with Crippen LogP contribution in [-0.4, -0.2) is 50.7 Å². The Bertz CT molecular complexity index is 719. The Hall–Kier alpha value is -1.25. The molecule has 4 heterocycles. The molecule has 2 aromatic rings. The zero-order chi connectivity index (χ0) is 15.5. The van der Waals surface area contributed by atoms with Gasteiger partial charge in [-0.05, 0) is 13.8 Å². The summed E-state index contributed by atoms with van der Waals surface area (Å²) in [6.07, 6.45) is 2.90. The zero-order valence-electron chi connectivity index (χ0n) is 12.2. The molecule has 4 rings (SSSR count). The maximum atomic E-state index is 9.60. The monoisotopic (exact) mass is 324 g/mol. The first-order chi connectivity index (χ1) is 10.5. The average molecular weight is 325 g/mol. The molecule has 22 heavy (non-hydrogen) atoms. The number of hydrogen-bond acceptors (Lipinski definition) is 6. The van der Waals surface area contributed by atoms with Crippen molar-refractivity contribution in [2.75, 3.05) is 6.61 Å². The lowest BCUT2D eigenvalue weighted by atomic mass is 10.0. The van der Waals surface area contributed by atoms with Gasteiger partial charge < -0.3 is 24.9 Å². The molecule has 3 N–H and O–H groups in total. The van der Waals surface area contributed by atoms with Crippen LogP contribution in [0, 0.1) is 0 Å². The Morgan fingerprint density at radius 3 is 2.86 bits per heavy atom. The average Bonchev–Trinajstić information content (AvgIpc) is 3.10. The molecule has 4 atom stereocenters. The lowest BCUT2D eigenvalue weighted by molar-refractivity contribution is -0.157. The third-order valence-corrected chi connectivity index (χ3v) is 4.55. The number of halogens is 1. The molecule has 0 spiro atoms. The van der Waals surface area contributed by atoms with Gasteiger partial charge in [0.2, 0.25) is 0 Å². The Kier molecular flexibility index (Phi) is 3.18. The van der Waals surface area contributed by atoms with Crippen LogP contribution in [0.15, 0.2) is 12.5 Å². The number of rotatable bonds is 2. The van der Waals surface area contributed by atoms with Gasteiger partial charge in [0.25, 0.3) is 0 Å². The standard InChI is InChI=1S/C14H17ClN4O3/c1-14(2)21-11-7(4-20)19-9(12(11)22-14)6-3-16-10-8(6)17-5-18-13(10)15/h3,5,7,9,11-12,16,19-20H,4H2,1-2H3/t7-,9-,11-,12+/m1/s1. The third-order valence-electron chi connectivity index (χ3n) is 4.26. The van der Waals surface area contributed by atoms with Crippen LogP contribution in [0.5, 0.6) is 0 Å². The fourth-order valence-corrected chi connectivity index (χ4v) is 3.58. The lowest BCUT2D eigenvalue weighted by Gasteiger charge is -2.23. The van der Waals surface area contributed by atoms with Crippen LogP contribution in [0.25, 0.3) is 11.0 Å². The van der Waals surface area contributed by atoms with Gasteiger partial charge in [-0.1, -0.05) is 11.6 Å². The molecule has 0 aliphatic carbocycles. The number of aromatic nitrogens is 3. The largest absolute Gasteiger partial charge is 0.395 e. The van der Waals surface area contributed by atoms with Gasteiger partial charge in [0, 0.05) is 11.8 Å². The van der Waals surface area contributed by atoms with E-state index < -0.39 is 5.79 Å². The summed E-state index contributed by atoms with van der Waals surface area (Å²) >= 11 is 6.09. The van der Waals surface area contributed by atoms with Crippen LogP contribution < -0.4 is 5.32 Å². The van der Waals surface area contributed by atoms with Crippen molar-refractivity contribution in [2.45, 2.75) is 43.9 Å². The molecule has 8 heteroatoms. The number of fused-ring (bicyclic) bond motifs is 2. The summed E-state index contributed by atoms with van der Waals surface area (Å²) in [5.41, 5.74) is 2.39. The number of ether oxygens (including phenoxy) is 2. The fraction of sp³-hybridized carbons (Fsp3) is 0.571. The number of aromatic amines is 1. The highest BCUT2D eigenvalue weighted by molar-refractivity contribution is 6.33. The van der Waals surface area contributed by atoms with Crippen molar-refractivity contribution in [3.8, 4) is 0 Å². The van der Waals surface area contributed by atoms with E-state index in [0.717, 1.165) is 11.1 Å². The first-order valence-electron chi connectivity index (χ1n) is 7.20. The highest BCUT2D eigenvalue weighted by atomic mass is 35.5.